The minimum Gasteiger partial charge on any atom is -0.388 e. The van der Waals surface area contributed by atoms with Crippen molar-refractivity contribution in [2.75, 3.05) is 18.0 Å². The van der Waals surface area contributed by atoms with Gasteiger partial charge >= 0.3 is 0 Å². The fourth-order valence-electron chi connectivity index (χ4n) is 2.47. The number of fused-ring (bicyclic) bond motifs is 1. The van der Waals surface area contributed by atoms with Gasteiger partial charge in [0, 0.05) is 18.5 Å². The number of nitrogens with zero attached hydrogens (tertiary/aromatic N) is 3. The molecule has 0 aliphatic carbocycles. The van der Waals surface area contributed by atoms with Crippen LogP contribution in [0.25, 0.3) is 10.2 Å². The molecule has 2 aromatic rings. The molecule has 96 valence electrons. The summed E-state index contributed by atoms with van der Waals surface area (Å²) in [5.41, 5.74) is -0.833. The third-order valence-corrected chi connectivity index (χ3v) is 4.90. The highest BCUT2D eigenvalue weighted by Gasteiger charge is 2.48. The number of aliphatic hydroxyl groups is 1. The third kappa shape index (κ3) is 1.61. The number of hydrogen-bond donors (Lipinski definition) is 1. The van der Waals surface area contributed by atoms with Gasteiger partial charge in [-0.25, -0.2) is 9.97 Å². The average molecular weight is 263 g/mol. The summed E-state index contributed by atoms with van der Waals surface area (Å²) >= 11 is 1.62. The van der Waals surface area contributed by atoms with Gasteiger partial charge in [0.25, 0.3) is 0 Å². The van der Waals surface area contributed by atoms with E-state index in [1.165, 1.54) is 0 Å². The lowest BCUT2D eigenvalue weighted by molar-refractivity contribution is -0.00890. The monoisotopic (exact) mass is 263 g/mol. The van der Waals surface area contributed by atoms with Crippen LogP contribution in [-0.2, 0) is 0 Å². The second kappa shape index (κ2) is 3.65. The standard InChI is InChI=1S/C13H17N3OS/c1-12(2)6-16(7-13(12,3)17)10-9-4-5-18-11(9)15-8-14-10/h4-5,8,17H,6-7H2,1-3H3/t13-/m1/s1. The van der Waals surface area contributed by atoms with Gasteiger partial charge in [-0.3, -0.25) is 0 Å². The molecule has 0 aromatic carbocycles. The van der Waals surface area contributed by atoms with Gasteiger partial charge in [-0.15, -0.1) is 11.3 Å². The van der Waals surface area contributed by atoms with Crippen molar-refractivity contribution < 1.29 is 5.11 Å². The Morgan fingerprint density at radius 2 is 2.06 bits per heavy atom. The highest BCUT2D eigenvalue weighted by Crippen LogP contribution is 2.41. The fourth-order valence-corrected chi connectivity index (χ4v) is 3.20. The zero-order chi connectivity index (χ0) is 13.0. The third-order valence-electron chi connectivity index (χ3n) is 4.08. The first-order valence-corrected chi connectivity index (χ1v) is 6.94. The number of hydrogen-bond acceptors (Lipinski definition) is 5. The second-order valence-electron chi connectivity index (χ2n) is 5.85. The van der Waals surface area contributed by atoms with E-state index in [4.69, 9.17) is 0 Å². The van der Waals surface area contributed by atoms with E-state index < -0.39 is 5.60 Å². The van der Waals surface area contributed by atoms with Crippen LogP contribution >= 0.6 is 11.3 Å². The van der Waals surface area contributed by atoms with Crippen molar-refractivity contribution in [2.45, 2.75) is 26.4 Å². The second-order valence-corrected chi connectivity index (χ2v) is 6.75. The maximum Gasteiger partial charge on any atom is 0.140 e. The molecule has 2 aromatic heterocycles. The van der Waals surface area contributed by atoms with E-state index in [1.54, 1.807) is 17.7 Å². The van der Waals surface area contributed by atoms with E-state index in [1.807, 2.05) is 12.3 Å². The number of anilines is 1. The molecule has 1 saturated heterocycles. The molecule has 1 N–H and O–H groups in total. The van der Waals surface area contributed by atoms with Gasteiger partial charge < -0.3 is 10.0 Å². The fraction of sp³-hybridized carbons (Fsp3) is 0.538. The molecule has 0 bridgehead atoms. The predicted molar refractivity (Wildman–Crippen MR) is 74.0 cm³/mol. The van der Waals surface area contributed by atoms with Crippen molar-refractivity contribution >= 4 is 27.4 Å². The van der Waals surface area contributed by atoms with E-state index in [0.29, 0.717) is 6.54 Å². The van der Waals surface area contributed by atoms with E-state index in [0.717, 1.165) is 22.6 Å². The van der Waals surface area contributed by atoms with Crippen LogP contribution in [0.15, 0.2) is 17.8 Å². The van der Waals surface area contributed by atoms with Crippen LogP contribution in [0.4, 0.5) is 5.82 Å². The Morgan fingerprint density at radius 3 is 2.72 bits per heavy atom. The van der Waals surface area contributed by atoms with Crippen LogP contribution in [-0.4, -0.2) is 33.8 Å². The molecule has 4 nitrogen and oxygen atoms in total. The van der Waals surface area contributed by atoms with Crippen molar-refractivity contribution in [1.82, 2.24) is 9.97 Å². The van der Waals surface area contributed by atoms with Crippen molar-refractivity contribution in [1.29, 1.82) is 0 Å². The van der Waals surface area contributed by atoms with Crippen molar-refractivity contribution in [3.63, 3.8) is 0 Å². The van der Waals surface area contributed by atoms with Crippen LogP contribution in [0.2, 0.25) is 0 Å². The quantitative estimate of drug-likeness (QED) is 0.857. The topological polar surface area (TPSA) is 49.2 Å². The van der Waals surface area contributed by atoms with Crippen molar-refractivity contribution in [2.24, 2.45) is 5.41 Å². The summed E-state index contributed by atoms with van der Waals surface area (Å²) in [4.78, 5) is 11.8. The lowest BCUT2D eigenvalue weighted by Crippen LogP contribution is -2.40. The molecule has 1 aliphatic rings. The number of aromatic nitrogens is 2. The van der Waals surface area contributed by atoms with Gasteiger partial charge in [0.05, 0.1) is 11.0 Å². The summed E-state index contributed by atoms with van der Waals surface area (Å²) in [6.45, 7) is 7.51. The molecule has 1 aliphatic heterocycles. The first kappa shape index (κ1) is 11.9. The number of rotatable bonds is 1. The van der Waals surface area contributed by atoms with Crippen LogP contribution in [0, 0.1) is 5.41 Å². The Kier molecular flexibility index (Phi) is 2.40. The van der Waals surface area contributed by atoms with Gasteiger partial charge in [-0.05, 0) is 18.4 Å². The molecule has 0 unspecified atom stereocenters. The molecule has 0 radical (unpaired) electrons. The molecule has 0 amide bonds. The first-order chi connectivity index (χ1) is 8.41. The Morgan fingerprint density at radius 1 is 1.28 bits per heavy atom. The smallest absolute Gasteiger partial charge is 0.140 e. The minimum absolute atomic E-state index is 0.139. The van der Waals surface area contributed by atoms with Crippen molar-refractivity contribution in [3.05, 3.63) is 17.8 Å². The molecule has 18 heavy (non-hydrogen) atoms. The molecule has 0 spiro atoms. The van der Waals surface area contributed by atoms with Gasteiger partial charge in [-0.1, -0.05) is 13.8 Å². The highest BCUT2D eigenvalue weighted by atomic mass is 32.1. The van der Waals surface area contributed by atoms with Gasteiger partial charge in [0.15, 0.2) is 0 Å². The van der Waals surface area contributed by atoms with Gasteiger partial charge in [0.2, 0.25) is 0 Å². The molecule has 3 heterocycles. The number of thiophene rings is 1. The van der Waals surface area contributed by atoms with Crippen LogP contribution in [0.1, 0.15) is 20.8 Å². The Labute approximate surface area is 110 Å². The van der Waals surface area contributed by atoms with E-state index in [2.05, 4.69) is 34.8 Å². The van der Waals surface area contributed by atoms with Crippen LogP contribution in [0.5, 0.6) is 0 Å². The van der Waals surface area contributed by atoms with Crippen LogP contribution < -0.4 is 4.90 Å². The van der Waals surface area contributed by atoms with E-state index in [-0.39, 0.29) is 5.41 Å². The van der Waals surface area contributed by atoms with E-state index in [9.17, 15) is 5.11 Å². The molecule has 0 saturated carbocycles. The van der Waals surface area contributed by atoms with Crippen LogP contribution in [0.3, 0.4) is 0 Å². The summed E-state index contributed by atoms with van der Waals surface area (Å²) in [5.74, 6) is 0.937. The molecule has 5 heteroatoms. The average Bonchev–Trinajstić information content (AvgIpc) is 2.81. The van der Waals surface area contributed by atoms with Gasteiger partial charge in [-0.2, -0.15) is 0 Å². The maximum atomic E-state index is 10.5. The highest BCUT2D eigenvalue weighted by molar-refractivity contribution is 7.16. The lowest BCUT2D eigenvalue weighted by Gasteiger charge is -2.30. The maximum absolute atomic E-state index is 10.5. The molecule has 3 rings (SSSR count). The summed E-state index contributed by atoms with van der Waals surface area (Å²) in [5, 5.41) is 13.6. The lowest BCUT2D eigenvalue weighted by atomic mass is 9.79. The predicted octanol–water partition coefficient (Wildman–Crippen LogP) is 2.29. The Hall–Kier alpha value is -1.20. The first-order valence-electron chi connectivity index (χ1n) is 6.06. The Balaban J connectivity index is 2.05. The molecular formula is C13H17N3OS. The summed E-state index contributed by atoms with van der Waals surface area (Å²) in [7, 11) is 0. The van der Waals surface area contributed by atoms with E-state index >= 15 is 0 Å². The molecule has 1 fully saturated rings. The van der Waals surface area contributed by atoms with Crippen molar-refractivity contribution in [3.8, 4) is 0 Å². The zero-order valence-corrected chi connectivity index (χ0v) is 11.7. The SMILES string of the molecule is CC1(C)CN(c2ncnc3sccc23)C[C@@]1(C)O. The molecule has 1 atom stereocenters. The molecular weight excluding hydrogens is 246 g/mol. The summed E-state index contributed by atoms with van der Waals surface area (Å²) in [6.07, 6.45) is 1.61. The summed E-state index contributed by atoms with van der Waals surface area (Å²) in [6, 6.07) is 2.05. The largest absolute Gasteiger partial charge is 0.388 e. The minimum atomic E-state index is -0.694. The summed E-state index contributed by atoms with van der Waals surface area (Å²) < 4.78 is 0. The number of β-amino-alcohol motifs (C(OH)–C–C–N with tert-alkyl or cyclic N) is 1. The van der Waals surface area contributed by atoms with Gasteiger partial charge in [0.1, 0.15) is 17.0 Å². The zero-order valence-electron chi connectivity index (χ0n) is 10.8. The normalized spacial score (nSPS) is 27.0. The Bertz CT molecular complexity index is 575.